The molecule has 2 heterocycles. The number of nitrogens with one attached hydrogen (secondary N) is 1. The van der Waals surface area contributed by atoms with Crippen LogP contribution in [0.1, 0.15) is 25.7 Å². The summed E-state index contributed by atoms with van der Waals surface area (Å²) in [4.78, 5) is 7.92. The van der Waals surface area contributed by atoms with Crippen molar-refractivity contribution < 1.29 is 4.74 Å². The van der Waals surface area contributed by atoms with Gasteiger partial charge in [-0.1, -0.05) is 0 Å². The number of ether oxygens (including phenoxy) is 1. The fourth-order valence-electron chi connectivity index (χ4n) is 1.87. The smallest absolute Gasteiger partial charge is 0.131 e. The van der Waals surface area contributed by atoms with Crippen LogP contribution in [0.25, 0.3) is 0 Å². The lowest BCUT2D eigenvalue weighted by atomic mass is 10.1. The van der Waals surface area contributed by atoms with Crippen LogP contribution in [0.3, 0.4) is 0 Å². The van der Waals surface area contributed by atoms with Gasteiger partial charge in [0.25, 0.3) is 0 Å². The summed E-state index contributed by atoms with van der Waals surface area (Å²) in [6, 6.07) is 1.74. The first-order chi connectivity index (χ1) is 7.84. The maximum Gasteiger partial charge on any atom is 0.131 e. The molecule has 1 aliphatic rings. The fourth-order valence-corrected chi connectivity index (χ4v) is 1.87. The van der Waals surface area contributed by atoms with Crippen LogP contribution in [0.15, 0.2) is 12.4 Å². The van der Waals surface area contributed by atoms with Crippen molar-refractivity contribution in [2.24, 2.45) is 0 Å². The molecule has 0 spiro atoms. The number of anilines is 2. The average Bonchev–Trinajstić information content (AvgIpc) is 2.30. The molecule has 1 aliphatic heterocycles. The van der Waals surface area contributed by atoms with E-state index in [4.69, 9.17) is 10.5 Å². The number of aromatic nitrogens is 2. The molecular formula is C11H18N4O. The van der Waals surface area contributed by atoms with Crippen LogP contribution < -0.4 is 11.1 Å². The van der Waals surface area contributed by atoms with Crippen molar-refractivity contribution in [3.05, 3.63) is 12.4 Å². The lowest BCUT2D eigenvalue weighted by Crippen LogP contribution is -2.22. The van der Waals surface area contributed by atoms with Gasteiger partial charge in [0.2, 0.25) is 0 Å². The summed E-state index contributed by atoms with van der Waals surface area (Å²) in [6.45, 7) is 1.77. The van der Waals surface area contributed by atoms with Gasteiger partial charge in [-0.25, -0.2) is 9.97 Å². The summed E-state index contributed by atoms with van der Waals surface area (Å²) >= 11 is 0. The molecule has 0 radical (unpaired) electrons. The Labute approximate surface area is 95.4 Å². The van der Waals surface area contributed by atoms with Crippen molar-refractivity contribution in [3.63, 3.8) is 0 Å². The van der Waals surface area contributed by atoms with Crippen LogP contribution >= 0.6 is 0 Å². The number of hydrogen-bond acceptors (Lipinski definition) is 5. The molecule has 0 aliphatic carbocycles. The highest BCUT2D eigenvalue weighted by molar-refractivity contribution is 5.43. The van der Waals surface area contributed by atoms with E-state index in [-0.39, 0.29) is 0 Å². The Hall–Kier alpha value is -1.36. The predicted octanol–water partition coefficient (Wildman–Crippen LogP) is 1.43. The van der Waals surface area contributed by atoms with Crippen LogP contribution in [0, 0.1) is 0 Å². The largest absolute Gasteiger partial charge is 0.384 e. The van der Waals surface area contributed by atoms with Crippen molar-refractivity contribution in [3.8, 4) is 0 Å². The van der Waals surface area contributed by atoms with Crippen molar-refractivity contribution in [1.82, 2.24) is 9.97 Å². The minimum Gasteiger partial charge on any atom is -0.384 e. The topological polar surface area (TPSA) is 73.1 Å². The quantitative estimate of drug-likeness (QED) is 0.806. The van der Waals surface area contributed by atoms with E-state index in [1.165, 1.54) is 25.6 Å². The summed E-state index contributed by atoms with van der Waals surface area (Å²) in [5, 5.41) is 3.22. The van der Waals surface area contributed by atoms with Gasteiger partial charge in [-0.3, -0.25) is 0 Å². The number of nitrogen functional groups attached to an aromatic ring is 1. The Morgan fingerprint density at radius 3 is 3.12 bits per heavy atom. The second-order valence-electron chi connectivity index (χ2n) is 4.03. The number of nitrogens with zero attached hydrogens (tertiary/aromatic N) is 2. The Morgan fingerprint density at radius 2 is 2.38 bits per heavy atom. The van der Waals surface area contributed by atoms with Gasteiger partial charge in [-0.15, -0.1) is 0 Å². The normalized spacial score (nSPS) is 20.6. The zero-order valence-electron chi connectivity index (χ0n) is 9.35. The predicted molar refractivity (Wildman–Crippen MR) is 63.1 cm³/mol. The summed E-state index contributed by atoms with van der Waals surface area (Å²) in [6.07, 6.45) is 6.55. The van der Waals surface area contributed by atoms with Gasteiger partial charge in [-0.05, 0) is 25.7 Å². The second kappa shape index (κ2) is 5.65. The van der Waals surface area contributed by atoms with E-state index in [0.29, 0.717) is 11.9 Å². The standard InChI is InChI=1S/C11H18N4O/c12-10-7-11(15-8-14-10)13-5-4-9-3-1-2-6-16-9/h7-9H,1-6H2,(H3,12,13,14,15). The van der Waals surface area contributed by atoms with Gasteiger partial charge in [0.05, 0.1) is 6.10 Å². The van der Waals surface area contributed by atoms with Crippen molar-refractivity contribution in [2.45, 2.75) is 31.8 Å². The Bertz CT molecular complexity index is 326. The van der Waals surface area contributed by atoms with Crippen molar-refractivity contribution in [2.75, 3.05) is 24.2 Å². The first-order valence-corrected chi connectivity index (χ1v) is 5.77. The van der Waals surface area contributed by atoms with E-state index in [1.807, 2.05) is 0 Å². The molecule has 1 atom stereocenters. The maximum absolute atomic E-state index is 5.64. The molecular weight excluding hydrogens is 204 g/mol. The zero-order valence-corrected chi connectivity index (χ0v) is 9.35. The Balaban J connectivity index is 1.71. The van der Waals surface area contributed by atoms with E-state index in [0.717, 1.165) is 25.4 Å². The van der Waals surface area contributed by atoms with Crippen molar-refractivity contribution >= 4 is 11.6 Å². The first kappa shape index (κ1) is 11.1. The molecule has 0 bridgehead atoms. The summed E-state index contributed by atoms with van der Waals surface area (Å²) in [5.41, 5.74) is 5.56. The van der Waals surface area contributed by atoms with Crippen molar-refractivity contribution in [1.29, 1.82) is 0 Å². The van der Waals surface area contributed by atoms with Gasteiger partial charge < -0.3 is 15.8 Å². The number of hydrogen-bond donors (Lipinski definition) is 2. The molecule has 0 aromatic carbocycles. The fraction of sp³-hybridized carbons (Fsp3) is 0.636. The SMILES string of the molecule is Nc1cc(NCCC2CCCCO2)ncn1. The lowest BCUT2D eigenvalue weighted by Gasteiger charge is -2.22. The highest BCUT2D eigenvalue weighted by atomic mass is 16.5. The Kier molecular flexibility index (Phi) is 3.93. The maximum atomic E-state index is 5.64. The highest BCUT2D eigenvalue weighted by Gasteiger charge is 2.12. The molecule has 2 rings (SSSR count). The molecule has 5 nitrogen and oxygen atoms in total. The van der Waals surface area contributed by atoms with Crippen LogP contribution in [0.4, 0.5) is 11.6 Å². The minimum atomic E-state index is 0.403. The second-order valence-corrected chi connectivity index (χ2v) is 4.03. The van der Waals surface area contributed by atoms with Gasteiger partial charge >= 0.3 is 0 Å². The first-order valence-electron chi connectivity index (χ1n) is 5.77. The molecule has 1 saturated heterocycles. The molecule has 3 N–H and O–H groups in total. The number of rotatable bonds is 4. The van der Waals surface area contributed by atoms with E-state index < -0.39 is 0 Å². The highest BCUT2D eigenvalue weighted by Crippen LogP contribution is 2.15. The summed E-state index contributed by atoms with van der Waals surface area (Å²) in [7, 11) is 0. The van der Waals surface area contributed by atoms with E-state index in [9.17, 15) is 0 Å². The van der Waals surface area contributed by atoms with E-state index in [2.05, 4.69) is 15.3 Å². The average molecular weight is 222 g/mol. The molecule has 16 heavy (non-hydrogen) atoms. The van der Waals surface area contributed by atoms with Gasteiger partial charge in [0.1, 0.15) is 18.0 Å². The Morgan fingerprint density at radius 1 is 1.44 bits per heavy atom. The molecule has 1 fully saturated rings. The van der Waals surface area contributed by atoms with E-state index >= 15 is 0 Å². The molecule has 88 valence electrons. The third-order valence-electron chi connectivity index (χ3n) is 2.73. The molecule has 5 heteroatoms. The molecule has 1 unspecified atom stereocenters. The van der Waals surface area contributed by atoms with Gasteiger partial charge in [-0.2, -0.15) is 0 Å². The molecule has 1 aromatic heterocycles. The van der Waals surface area contributed by atoms with Crippen LogP contribution in [-0.4, -0.2) is 29.2 Å². The third kappa shape index (κ3) is 3.34. The van der Waals surface area contributed by atoms with Gasteiger partial charge in [0.15, 0.2) is 0 Å². The molecule has 0 saturated carbocycles. The van der Waals surface area contributed by atoms with Crippen LogP contribution in [0.5, 0.6) is 0 Å². The monoisotopic (exact) mass is 222 g/mol. The van der Waals surface area contributed by atoms with Crippen LogP contribution in [0.2, 0.25) is 0 Å². The zero-order chi connectivity index (χ0) is 11.2. The van der Waals surface area contributed by atoms with E-state index in [1.54, 1.807) is 6.07 Å². The molecule has 0 amide bonds. The molecule has 1 aromatic rings. The minimum absolute atomic E-state index is 0.403. The lowest BCUT2D eigenvalue weighted by molar-refractivity contribution is 0.0134. The number of nitrogens with two attached hydrogens (primary N) is 1. The summed E-state index contributed by atoms with van der Waals surface area (Å²) < 4.78 is 5.64. The third-order valence-corrected chi connectivity index (χ3v) is 2.73. The van der Waals surface area contributed by atoms with Crippen LogP contribution in [-0.2, 0) is 4.74 Å². The van der Waals surface area contributed by atoms with Gasteiger partial charge in [0, 0.05) is 19.2 Å². The summed E-state index contributed by atoms with van der Waals surface area (Å²) in [5.74, 6) is 1.27.